The Morgan fingerprint density at radius 3 is 2.58 bits per heavy atom. The molecule has 0 spiro atoms. The highest BCUT2D eigenvalue weighted by molar-refractivity contribution is 6.04. The highest BCUT2D eigenvalue weighted by Crippen LogP contribution is 2.26. The predicted octanol–water partition coefficient (Wildman–Crippen LogP) is 2.30. The molecule has 0 saturated heterocycles. The standard InChI is InChI=1S/C19H17NO6/c1-2-15(18(22)23)20-17(21)10-25-11-7-8-13-12-5-3-4-6-14(12)19(24)26-16(13)9-11/h3-9,15H,2,10H2,1H3,(H,20,21)(H,22,23)/t15-/m0/s1. The van der Waals surface area contributed by atoms with Crippen molar-refractivity contribution in [2.24, 2.45) is 0 Å². The number of benzene rings is 2. The number of fused-ring (bicyclic) bond motifs is 3. The largest absolute Gasteiger partial charge is 0.484 e. The van der Waals surface area contributed by atoms with Gasteiger partial charge in [0.2, 0.25) is 0 Å². The topological polar surface area (TPSA) is 106 Å². The van der Waals surface area contributed by atoms with Crippen LogP contribution in [0.4, 0.5) is 0 Å². The molecule has 1 atom stereocenters. The predicted molar refractivity (Wildman–Crippen MR) is 95.3 cm³/mol. The minimum absolute atomic E-state index is 0.273. The second-order valence-electron chi connectivity index (χ2n) is 5.75. The van der Waals surface area contributed by atoms with Crippen molar-refractivity contribution in [1.29, 1.82) is 0 Å². The molecule has 0 radical (unpaired) electrons. The highest BCUT2D eigenvalue weighted by Gasteiger charge is 2.17. The number of carbonyl (C=O) groups is 2. The van der Waals surface area contributed by atoms with Crippen LogP contribution in [0.2, 0.25) is 0 Å². The van der Waals surface area contributed by atoms with Crippen LogP contribution < -0.4 is 15.7 Å². The Labute approximate surface area is 148 Å². The van der Waals surface area contributed by atoms with Crippen molar-refractivity contribution in [2.75, 3.05) is 6.61 Å². The first kappa shape index (κ1) is 17.5. The highest BCUT2D eigenvalue weighted by atomic mass is 16.5. The number of hydrogen-bond donors (Lipinski definition) is 2. The van der Waals surface area contributed by atoms with Gasteiger partial charge in [-0.2, -0.15) is 0 Å². The minimum Gasteiger partial charge on any atom is -0.484 e. The number of carboxylic acids is 1. The molecule has 7 heteroatoms. The fraction of sp³-hybridized carbons (Fsp3) is 0.211. The molecule has 1 aromatic heterocycles. The number of rotatable bonds is 6. The van der Waals surface area contributed by atoms with E-state index in [9.17, 15) is 14.4 Å². The van der Waals surface area contributed by atoms with Crippen LogP contribution in [0.1, 0.15) is 13.3 Å². The zero-order chi connectivity index (χ0) is 18.7. The molecule has 2 N–H and O–H groups in total. The summed E-state index contributed by atoms with van der Waals surface area (Å²) in [6.07, 6.45) is 0.273. The molecule has 0 aliphatic carbocycles. The van der Waals surface area contributed by atoms with Gasteiger partial charge in [-0.1, -0.05) is 25.1 Å². The van der Waals surface area contributed by atoms with E-state index in [0.717, 1.165) is 10.8 Å². The van der Waals surface area contributed by atoms with Gasteiger partial charge in [0.05, 0.1) is 5.39 Å². The van der Waals surface area contributed by atoms with Crippen molar-refractivity contribution in [2.45, 2.75) is 19.4 Å². The second-order valence-corrected chi connectivity index (χ2v) is 5.75. The maximum atomic E-state index is 12.1. The first-order valence-corrected chi connectivity index (χ1v) is 8.10. The lowest BCUT2D eigenvalue weighted by atomic mass is 10.1. The summed E-state index contributed by atoms with van der Waals surface area (Å²) in [5.41, 5.74) is -0.0983. The number of nitrogens with one attached hydrogen (secondary N) is 1. The van der Waals surface area contributed by atoms with Crippen LogP contribution in [-0.2, 0) is 9.59 Å². The summed E-state index contributed by atoms with van der Waals surface area (Å²) >= 11 is 0. The van der Waals surface area contributed by atoms with E-state index in [-0.39, 0.29) is 13.0 Å². The van der Waals surface area contributed by atoms with Crippen LogP contribution in [0, 0.1) is 0 Å². The smallest absolute Gasteiger partial charge is 0.344 e. The third kappa shape index (κ3) is 3.51. The third-order valence-electron chi connectivity index (χ3n) is 4.00. The van der Waals surface area contributed by atoms with Gasteiger partial charge in [-0.25, -0.2) is 9.59 Å². The van der Waals surface area contributed by atoms with E-state index in [1.165, 1.54) is 6.07 Å². The molecule has 7 nitrogen and oxygen atoms in total. The van der Waals surface area contributed by atoms with Crippen molar-refractivity contribution < 1.29 is 23.8 Å². The molecule has 3 rings (SSSR count). The molecule has 26 heavy (non-hydrogen) atoms. The van der Waals surface area contributed by atoms with E-state index in [1.54, 1.807) is 31.2 Å². The molecule has 0 fully saturated rings. The SMILES string of the molecule is CC[C@H](NC(=O)COc1ccc2c(c1)oc(=O)c1ccccc12)C(=O)O. The van der Waals surface area contributed by atoms with Gasteiger partial charge in [-0.05, 0) is 30.0 Å². The quantitative estimate of drug-likeness (QED) is 0.519. The van der Waals surface area contributed by atoms with Gasteiger partial charge in [-0.15, -0.1) is 0 Å². The molecule has 0 saturated carbocycles. The molecule has 0 bridgehead atoms. The van der Waals surface area contributed by atoms with Gasteiger partial charge < -0.3 is 19.6 Å². The Bertz CT molecular complexity index is 1040. The molecule has 0 unspecified atom stereocenters. The Hall–Kier alpha value is -3.35. The van der Waals surface area contributed by atoms with Crippen molar-refractivity contribution in [1.82, 2.24) is 5.32 Å². The summed E-state index contributed by atoms with van der Waals surface area (Å²) in [6, 6.07) is 11.1. The minimum atomic E-state index is -1.10. The summed E-state index contributed by atoms with van der Waals surface area (Å²) in [4.78, 5) is 34.8. The molecular weight excluding hydrogens is 338 g/mol. The van der Waals surface area contributed by atoms with Crippen LogP contribution >= 0.6 is 0 Å². The zero-order valence-corrected chi connectivity index (χ0v) is 14.0. The van der Waals surface area contributed by atoms with Crippen LogP contribution in [-0.4, -0.2) is 29.6 Å². The Kier molecular flexibility index (Phi) is 4.88. The number of aliphatic carboxylic acids is 1. The number of amides is 1. The van der Waals surface area contributed by atoms with Gasteiger partial charge in [0, 0.05) is 11.5 Å². The van der Waals surface area contributed by atoms with Crippen LogP contribution in [0.3, 0.4) is 0 Å². The molecule has 134 valence electrons. The van der Waals surface area contributed by atoms with Crippen molar-refractivity contribution in [3.63, 3.8) is 0 Å². The number of hydrogen-bond acceptors (Lipinski definition) is 5. The second kappa shape index (κ2) is 7.26. The molecule has 0 aliphatic heterocycles. The Morgan fingerprint density at radius 1 is 1.15 bits per heavy atom. The lowest BCUT2D eigenvalue weighted by Crippen LogP contribution is -2.42. The summed E-state index contributed by atoms with van der Waals surface area (Å²) in [7, 11) is 0. The fourth-order valence-electron chi connectivity index (χ4n) is 2.67. The Morgan fingerprint density at radius 2 is 1.88 bits per heavy atom. The van der Waals surface area contributed by atoms with Gasteiger partial charge >= 0.3 is 11.6 Å². The average Bonchev–Trinajstić information content (AvgIpc) is 2.64. The van der Waals surface area contributed by atoms with Gasteiger partial charge in [0.15, 0.2) is 6.61 Å². The number of carbonyl (C=O) groups excluding carboxylic acids is 1. The third-order valence-corrected chi connectivity index (χ3v) is 4.00. The normalized spacial score (nSPS) is 12.0. The summed E-state index contributed by atoms with van der Waals surface area (Å²) in [5, 5.41) is 13.3. The summed E-state index contributed by atoms with van der Waals surface area (Å²) in [5.74, 6) is -1.30. The van der Waals surface area contributed by atoms with E-state index in [4.69, 9.17) is 14.3 Å². The lowest BCUT2D eigenvalue weighted by Gasteiger charge is -2.13. The maximum Gasteiger partial charge on any atom is 0.344 e. The summed E-state index contributed by atoms with van der Waals surface area (Å²) in [6.45, 7) is 1.32. The van der Waals surface area contributed by atoms with Crippen LogP contribution in [0.5, 0.6) is 5.75 Å². The fourth-order valence-corrected chi connectivity index (χ4v) is 2.67. The van der Waals surface area contributed by atoms with Crippen molar-refractivity contribution in [3.8, 4) is 5.75 Å². The molecule has 0 aliphatic rings. The van der Waals surface area contributed by atoms with Crippen molar-refractivity contribution >= 4 is 33.6 Å². The molecule has 1 heterocycles. The average molecular weight is 355 g/mol. The monoisotopic (exact) mass is 355 g/mol. The van der Waals surface area contributed by atoms with Gasteiger partial charge in [-0.3, -0.25) is 4.79 Å². The Balaban J connectivity index is 1.79. The van der Waals surface area contributed by atoms with E-state index < -0.39 is 23.5 Å². The van der Waals surface area contributed by atoms with E-state index in [1.807, 2.05) is 12.1 Å². The lowest BCUT2D eigenvalue weighted by molar-refractivity contribution is -0.142. The zero-order valence-electron chi connectivity index (χ0n) is 14.0. The van der Waals surface area contributed by atoms with E-state index in [0.29, 0.717) is 16.7 Å². The molecule has 2 aromatic carbocycles. The number of ether oxygens (including phenoxy) is 1. The molecule has 3 aromatic rings. The van der Waals surface area contributed by atoms with E-state index >= 15 is 0 Å². The molecule has 1 amide bonds. The van der Waals surface area contributed by atoms with Gasteiger partial charge in [0.1, 0.15) is 17.4 Å². The number of carboxylic acid groups (broad SMARTS) is 1. The van der Waals surface area contributed by atoms with Crippen molar-refractivity contribution in [3.05, 3.63) is 52.9 Å². The van der Waals surface area contributed by atoms with Crippen LogP contribution in [0.25, 0.3) is 21.7 Å². The molecular formula is C19H17NO6. The summed E-state index contributed by atoms with van der Waals surface area (Å²) < 4.78 is 10.7. The maximum absolute atomic E-state index is 12.1. The van der Waals surface area contributed by atoms with Gasteiger partial charge in [0.25, 0.3) is 5.91 Å². The van der Waals surface area contributed by atoms with E-state index in [2.05, 4.69) is 5.32 Å². The first-order chi connectivity index (χ1) is 12.5. The van der Waals surface area contributed by atoms with Crippen LogP contribution in [0.15, 0.2) is 51.7 Å². The first-order valence-electron chi connectivity index (χ1n) is 8.10.